The zero-order chi connectivity index (χ0) is 21.2. The van der Waals surface area contributed by atoms with Crippen molar-refractivity contribution in [1.82, 2.24) is 0 Å². The van der Waals surface area contributed by atoms with Crippen LogP contribution >= 0.6 is 0 Å². The van der Waals surface area contributed by atoms with E-state index < -0.39 is 23.6 Å². The van der Waals surface area contributed by atoms with Gasteiger partial charge in [-0.1, -0.05) is 88.4 Å². The smallest absolute Gasteiger partial charge is 0.306 e. The van der Waals surface area contributed by atoms with Gasteiger partial charge >= 0.3 is 11.9 Å². The fourth-order valence-corrected chi connectivity index (χ4v) is 2.70. The lowest BCUT2D eigenvalue weighted by molar-refractivity contribution is -0.161. The molecule has 5 heteroatoms. The van der Waals surface area contributed by atoms with Crippen molar-refractivity contribution in [1.29, 1.82) is 0 Å². The first-order chi connectivity index (χ1) is 13.2. The van der Waals surface area contributed by atoms with Crippen molar-refractivity contribution < 1.29 is 24.5 Å². The Morgan fingerprint density at radius 1 is 0.893 bits per heavy atom. The number of carbonyl (C=O) groups excluding carboxylic acids is 1. The van der Waals surface area contributed by atoms with Crippen LogP contribution in [-0.2, 0) is 14.3 Å². The van der Waals surface area contributed by atoms with Gasteiger partial charge in [-0.2, -0.15) is 0 Å². The maximum atomic E-state index is 11.9. The van der Waals surface area contributed by atoms with E-state index in [0.29, 0.717) is 6.42 Å². The van der Waals surface area contributed by atoms with Crippen molar-refractivity contribution in [2.75, 3.05) is 0 Å². The van der Waals surface area contributed by atoms with Crippen LogP contribution in [0.15, 0.2) is 60.7 Å². The molecule has 0 fully saturated rings. The number of aliphatic hydroxyl groups is 1. The highest BCUT2D eigenvalue weighted by Gasteiger charge is 2.40. The first kappa shape index (κ1) is 23.4. The second-order valence-corrected chi connectivity index (χ2v) is 7.02. The Labute approximate surface area is 167 Å². The average molecular weight is 386 g/mol. The van der Waals surface area contributed by atoms with Crippen LogP contribution < -0.4 is 0 Å². The van der Waals surface area contributed by atoms with Gasteiger partial charge in [0.25, 0.3) is 0 Å². The summed E-state index contributed by atoms with van der Waals surface area (Å²) in [6.07, 6.45) is -0.745. The van der Waals surface area contributed by atoms with Crippen molar-refractivity contribution in [2.45, 2.75) is 52.7 Å². The highest BCUT2D eigenvalue weighted by atomic mass is 16.5. The number of carbonyl (C=O) groups is 2. The van der Waals surface area contributed by atoms with E-state index in [4.69, 9.17) is 9.84 Å². The molecule has 152 valence electrons. The molecule has 0 aliphatic rings. The summed E-state index contributed by atoms with van der Waals surface area (Å²) < 4.78 is 5.69. The summed E-state index contributed by atoms with van der Waals surface area (Å²) in [5, 5.41) is 18.6. The van der Waals surface area contributed by atoms with E-state index >= 15 is 0 Å². The third-order valence-electron chi connectivity index (χ3n) is 4.44. The molecular formula is C23H30O5. The molecule has 0 radical (unpaired) electrons. The van der Waals surface area contributed by atoms with Crippen molar-refractivity contribution in [3.63, 3.8) is 0 Å². The summed E-state index contributed by atoms with van der Waals surface area (Å²) in [6.45, 7) is 7.21. The fourth-order valence-electron chi connectivity index (χ4n) is 2.70. The summed E-state index contributed by atoms with van der Waals surface area (Å²) in [4.78, 5) is 21.3. The maximum Gasteiger partial charge on any atom is 0.306 e. The number of carboxylic acids is 1. The molecule has 2 N–H and O–H groups in total. The molecule has 0 aliphatic carbocycles. The summed E-state index contributed by atoms with van der Waals surface area (Å²) in [5.74, 6) is -1.02. The third-order valence-corrected chi connectivity index (χ3v) is 4.44. The number of aliphatic carboxylic acids is 1. The van der Waals surface area contributed by atoms with Crippen molar-refractivity contribution >= 4 is 11.9 Å². The van der Waals surface area contributed by atoms with Crippen LogP contribution in [0.2, 0.25) is 0 Å². The van der Waals surface area contributed by atoms with Crippen LogP contribution in [0.4, 0.5) is 0 Å². The van der Waals surface area contributed by atoms with Gasteiger partial charge in [-0.05, 0) is 11.1 Å². The normalized spacial score (nSPS) is 12.9. The van der Waals surface area contributed by atoms with Crippen LogP contribution in [-0.4, -0.2) is 22.2 Å². The monoisotopic (exact) mass is 386 g/mol. The van der Waals surface area contributed by atoms with E-state index in [9.17, 15) is 14.7 Å². The van der Waals surface area contributed by atoms with Gasteiger partial charge in [-0.25, -0.2) is 0 Å². The Bertz CT molecular complexity index is 725. The number of hydrogen-bond donors (Lipinski definition) is 2. The predicted molar refractivity (Wildman–Crippen MR) is 109 cm³/mol. The molecular weight excluding hydrogens is 356 g/mol. The number of aliphatic hydroxyl groups excluding tert-OH is 1. The molecule has 0 saturated carbocycles. The lowest BCUT2D eigenvalue weighted by atomic mass is 9.75. The molecule has 2 atom stereocenters. The van der Waals surface area contributed by atoms with Crippen LogP contribution in [0.5, 0.6) is 0 Å². The quantitative estimate of drug-likeness (QED) is 0.660. The van der Waals surface area contributed by atoms with E-state index in [0.717, 1.165) is 11.1 Å². The van der Waals surface area contributed by atoms with Gasteiger partial charge in [-0.3, -0.25) is 9.59 Å². The molecule has 0 amide bonds. The lowest BCUT2D eigenvalue weighted by Gasteiger charge is -2.38. The first-order valence-corrected chi connectivity index (χ1v) is 9.43. The summed E-state index contributed by atoms with van der Waals surface area (Å²) in [5.41, 5.74) is 1.02. The Kier molecular flexibility index (Phi) is 9.39. The number of hydrogen-bond acceptors (Lipinski definition) is 4. The summed E-state index contributed by atoms with van der Waals surface area (Å²) >= 11 is 0. The third kappa shape index (κ3) is 6.82. The molecule has 5 nitrogen and oxygen atoms in total. The van der Waals surface area contributed by atoms with Crippen molar-refractivity contribution in [2.24, 2.45) is 5.41 Å². The van der Waals surface area contributed by atoms with E-state index in [1.165, 1.54) is 0 Å². The largest absolute Gasteiger partial charge is 0.481 e. The van der Waals surface area contributed by atoms with Crippen LogP contribution in [0.1, 0.15) is 63.9 Å². The minimum Gasteiger partial charge on any atom is -0.481 e. The topological polar surface area (TPSA) is 83.8 Å². The second kappa shape index (κ2) is 11.2. The number of benzene rings is 2. The van der Waals surface area contributed by atoms with Gasteiger partial charge in [-0.15, -0.1) is 0 Å². The van der Waals surface area contributed by atoms with Crippen molar-refractivity contribution in [3.05, 3.63) is 71.8 Å². The van der Waals surface area contributed by atoms with Gasteiger partial charge in [0.2, 0.25) is 0 Å². The highest BCUT2D eigenvalue weighted by Crippen LogP contribution is 2.46. The summed E-state index contributed by atoms with van der Waals surface area (Å²) in [6, 6.07) is 19.1. The van der Waals surface area contributed by atoms with E-state index in [2.05, 4.69) is 0 Å². The average Bonchev–Trinajstić information content (AvgIpc) is 2.72. The number of rotatable bonds is 7. The molecule has 0 spiro atoms. The van der Waals surface area contributed by atoms with Crippen LogP contribution in [0.3, 0.4) is 0 Å². The molecule has 28 heavy (non-hydrogen) atoms. The number of ether oxygens (including phenoxy) is 1. The van der Waals surface area contributed by atoms with Crippen LogP contribution in [0.25, 0.3) is 0 Å². The minimum atomic E-state index is -0.751. The van der Waals surface area contributed by atoms with Crippen molar-refractivity contribution in [3.8, 4) is 0 Å². The predicted octanol–water partition coefficient (Wildman–Crippen LogP) is 4.92. The fraction of sp³-hybridized carbons (Fsp3) is 0.391. The molecule has 0 aromatic heterocycles. The standard InChI is InChI=1S/C20H24O3.C3H6O2/c1-4-17(21)23-19(16-13-9-6-10-14-16)20(2,3)18(22)15-11-7-5-8-12-15;1-2-3(4)5/h5-14,18-19,22H,4H2,1-3H3;2H2,1H3,(H,4,5). The minimum absolute atomic E-state index is 0.222. The van der Waals surface area contributed by atoms with Gasteiger partial charge < -0.3 is 14.9 Å². The second-order valence-electron chi connectivity index (χ2n) is 7.02. The van der Waals surface area contributed by atoms with E-state index in [1.54, 1.807) is 13.8 Å². The van der Waals surface area contributed by atoms with Crippen LogP contribution in [0, 0.1) is 5.41 Å². The first-order valence-electron chi connectivity index (χ1n) is 9.43. The molecule has 2 unspecified atom stereocenters. The van der Waals surface area contributed by atoms with E-state index in [1.807, 2.05) is 74.5 Å². The molecule has 0 aliphatic heterocycles. The Morgan fingerprint density at radius 3 is 1.71 bits per heavy atom. The number of esters is 1. The molecule has 0 heterocycles. The lowest BCUT2D eigenvalue weighted by Crippen LogP contribution is -2.32. The summed E-state index contributed by atoms with van der Waals surface area (Å²) in [7, 11) is 0. The van der Waals surface area contributed by atoms with E-state index in [-0.39, 0.29) is 12.4 Å². The van der Waals surface area contributed by atoms with Gasteiger partial charge in [0.05, 0.1) is 6.10 Å². The highest BCUT2D eigenvalue weighted by molar-refractivity contribution is 5.69. The Hall–Kier alpha value is -2.66. The zero-order valence-corrected chi connectivity index (χ0v) is 17.0. The number of carboxylic acid groups (broad SMARTS) is 1. The maximum absolute atomic E-state index is 11.9. The SMILES string of the molecule is CCC(=O)O.CCC(=O)OC(c1ccccc1)C(C)(C)C(O)c1ccccc1. The molecule has 2 aromatic rings. The Morgan fingerprint density at radius 2 is 1.32 bits per heavy atom. The zero-order valence-electron chi connectivity index (χ0n) is 17.0. The molecule has 2 rings (SSSR count). The van der Waals surface area contributed by atoms with Gasteiger partial charge in [0.15, 0.2) is 0 Å². The molecule has 2 aromatic carbocycles. The van der Waals surface area contributed by atoms with Gasteiger partial charge in [0.1, 0.15) is 6.10 Å². The molecule has 0 saturated heterocycles. The molecule has 0 bridgehead atoms. The Balaban J connectivity index is 0.000000696. The van der Waals surface area contributed by atoms with Gasteiger partial charge in [0, 0.05) is 18.3 Å².